The molecule has 1 heterocycles. The average molecular weight is 476 g/mol. The van der Waals surface area contributed by atoms with Crippen LogP contribution in [0.2, 0.25) is 0 Å². The van der Waals surface area contributed by atoms with Crippen molar-refractivity contribution in [3.8, 4) is 11.5 Å². The van der Waals surface area contributed by atoms with Crippen LogP contribution in [0.4, 0.5) is 0 Å². The summed E-state index contributed by atoms with van der Waals surface area (Å²) in [6.45, 7) is 1.31. The van der Waals surface area contributed by atoms with Gasteiger partial charge in [-0.2, -0.15) is 0 Å². The molecule has 0 N–H and O–H groups in total. The Morgan fingerprint density at radius 1 is 0.778 bits per heavy atom. The Balaban J connectivity index is 1.39. The van der Waals surface area contributed by atoms with Gasteiger partial charge in [0.1, 0.15) is 0 Å². The van der Waals surface area contributed by atoms with Gasteiger partial charge in [0.15, 0.2) is 11.5 Å². The third kappa shape index (κ3) is 5.66. The van der Waals surface area contributed by atoms with Crippen LogP contribution in [0.25, 0.3) is 6.08 Å². The second kappa shape index (κ2) is 11.4. The van der Waals surface area contributed by atoms with Gasteiger partial charge in [0, 0.05) is 24.6 Å². The van der Waals surface area contributed by atoms with Crippen molar-refractivity contribution in [2.75, 3.05) is 19.9 Å². The molecular weight excluding hydrogens is 446 g/mol. The third-order valence-electron chi connectivity index (χ3n) is 6.43. The summed E-state index contributed by atoms with van der Waals surface area (Å²) in [6, 6.07) is 36.6. The highest BCUT2D eigenvalue weighted by Gasteiger charge is 2.22. The molecule has 4 aromatic carbocycles. The van der Waals surface area contributed by atoms with E-state index in [1.807, 2.05) is 47.4 Å². The van der Waals surface area contributed by atoms with Crippen molar-refractivity contribution in [3.63, 3.8) is 0 Å². The van der Waals surface area contributed by atoms with E-state index in [2.05, 4.69) is 72.8 Å². The highest BCUT2D eigenvalue weighted by atomic mass is 16.7. The van der Waals surface area contributed by atoms with Crippen LogP contribution in [0.15, 0.2) is 115 Å². The molecule has 5 rings (SSSR count). The zero-order valence-electron chi connectivity index (χ0n) is 20.1. The van der Waals surface area contributed by atoms with Gasteiger partial charge in [-0.15, -0.1) is 0 Å². The van der Waals surface area contributed by atoms with Gasteiger partial charge in [-0.05, 0) is 41.3 Å². The quantitative estimate of drug-likeness (QED) is 0.267. The van der Waals surface area contributed by atoms with Crippen LogP contribution in [0, 0.1) is 0 Å². The van der Waals surface area contributed by atoms with E-state index in [0.717, 1.165) is 12.0 Å². The molecule has 36 heavy (non-hydrogen) atoms. The molecule has 0 saturated heterocycles. The van der Waals surface area contributed by atoms with Crippen molar-refractivity contribution in [1.82, 2.24) is 4.90 Å². The number of carbonyl (C=O) groups excluding carboxylic acids is 1. The average Bonchev–Trinajstić information content (AvgIpc) is 3.42. The number of hydrogen-bond donors (Lipinski definition) is 0. The Hall–Kier alpha value is -4.31. The summed E-state index contributed by atoms with van der Waals surface area (Å²) in [7, 11) is 0. The van der Waals surface area contributed by atoms with Gasteiger partial charge < -0.3 is 14.4 Å². The zero-order valence-corrected chi connectivity index (χ0v) is 20.1. The molecule has 1 aliphatic rings. The molecule has 180 valence electrons. The minimum Gasteiger partial charge on any atom is -0.454 e. The van der Waals surface area contributed by atoms with Crippen molar-refractivity contribution in [3.05, 3.63) is 138 Å². The van der Waals surface area contributed by atoms with Gasteiger partial charge in [0.25, 0.3) is 5.91 Å². The van der Waals surface area contributed by atoms with E-state index in [9.17, 15) is 4.79 Å². The van der Waals surface area contributed by atoms with Gasteiger partial charge in [0.2, 0.25) is 6.79 Å². The summed E-state index contributed by atoms with van der Waals surface area (Å²) in [5.74, 6) is 1.46. The standard InChI is InChI=1S/C32H29NO3/c34-32(28-18-19-30-31(23-28)36-24-35-30)33(21-10-13-25-11-4-1-5-12-25)22-20-29(26-14-6-2-7-15-26)27-16-8-3-9-17-27/h1-19,23,29H,20-22,24H2/b13-10+. The fourth-order valence-electron chi connectivity index (χ4n) is 4.55. The summed E-state index contributed by atoms with van der Waals surface area (Å²) in [4.78, 5) is 15.6. The zero-order chi connectivity index (χ0) is 24.6. The van der Waals surface area contributed by atoms with Crippen LogP contribution in [0.5, 0.6) is 11.5 Å². The SMILES string of the molecule is O=C(c1ccc2c(c1)OCO2)N(C/C=C/c1ccccc1)CCC(c1ccccc1)c1ccccc1. The fourth-order valence-corrected chi connectivity index (χ4v) is 4.55. The van der Waals surface area contributed by atoms with Gasteiger partial charge in [-0.1, -0.05) is 103 Å². The number of rotatable bonds is 9. The first-order chi connectivity index (χ1) is 17.8. The second-order valence-electron chi connectivity index (χ2n) is 8.79. The third-order valence-corrected chi connectivity index (χ3v) is 6.43. The first-order valence-electron chi connectivity index (χ1n) is 12.3. The predicted molar refractivity (Wildman–Crippen MR) is 143 cm³/mol. The van der Waals surface area contributed by atoms with E-state index < -0.39 is 0 Å². The maximum Gasteiger partial charge on any atom is 0.254 e. The van der Waals surface area contributed by atoms with E-state index in [4.69, 9.17) is 9.47 Å². The van der Waals surface area contributed by atoms with Crippen molar-refractivity contribution < 1.29 is 14.3 Å². The van der Waals surface area contributed by atoms with Crippen molar-refractivity contribution in [2.24, 2.45) is 0 Å². The number of carbonyl (C=O) groups is 1. The summed E-state index contributed by atoms with van der Waals surface area (Å²) in [5.41, 5.74) is 4.21. The van der Waals surface area contributed by atoms with E-state index in [0.29, 0.717) is 30.2 Å². The molecule has 0 spiro atoms. The Morgan fingerprint density at radius 2 is 1.39 bits per heavy atom. The number of nitrogens with zero attached hydrogens (tertiary/aromatic N) is 1. The van der Waals surface area contributed by atoms with E-state index >= 15 is 0 Å². The monoisotopic (exact) mass is 475 g/mol. The molecule has 0 aliphatic carbocycles. The number of ether oxygens (including phenoxy) is 2. The topological polar surface area (TPSA) is 38.8 Å². The lowest BCUT2D eigenvalue weighted by Gasteiger charge is -2.25. The number of amides is 1. The lowest BCUT2D eigenvalue weighted by molar-refractivity contribution is 0.0770. The minimum absolute atomic E-state index is 0.0223. The second-order valence-corrected chi connectivity index (χ2v) is 8.79. The summed E-state index contributed by atoms with van der Waals surface area (Å²) in [5, 5.41) is 0. The molecule has 0 unspecified atom stereocenters. The Morgan fingerprint density at radius 3 is 2.06 bits per heavy atom. The van der Waals surface area contributed by atoms with Crippen molar-refractivity contribution >= 4 is 12.0 Å². The molecule has 0 saturated carbocycles. The smallest absolute Gasteiger partial charge is 0.254 e. The summed E-state index contributed by atoms with van der Waals surface area (Å²) in [6.07, 6.45) is 4.93. The highest BCUT2D eigenvalue weighted by Crippen LogP contribution is 2.33. The Bertz CT molecular complexity index is 1260. The van der Waals surface area contributed by atoms with Crippen LogP contribution in [-0.4, -0.2) is 30.7 Å². The lowest BCUT2D eigenvalue weighted by atomic mass is 9.88. The summed E-state index contributed by atoms with van der Waals surface area (Å²) >= 11 is 0. The van der Waals surface area contributed by atoms with Gasteiger partial charge in [0.05, 0.1) is 0 Å². The maximum atomic E-state index is 13.7. The number of benzene rings is 4. The van der Waals surface area contributed by atoms with Crippen LogP contribution < -0.4 is 9.47 Å². The molecule has 4 aromatic rings. The molecule has 0 fully saturated rings. The van der Waals surface area contributed by atoms with Crippen LogP contribution in [0.1, 0.15) is 39.4 Å². The molecule has 0 bridgehead atoms. The Labute approximate surface area is 212 Å². The predicted octanol–water partition coefficient (Wildman–Crippen LogP) is 6.79. The maximum absolute atomic E-state index is 13.7. The molecule has 4 nitrogen and oxygen atoms in total. The largest absolute Gasteiger partial charge is 0.454 e. The molecular formula is C32H29NO3. The summed E-state index contributed by atoms with van der Waals surface area (Å²) < 4.78 is 10.9. The highest BCUT2D eigenvalue weighted by molar-refractivity contribution is 5.95. The molecule has 0 aromatic heterocycles. The van der Waals surface area contributed by atoms with Crippen LogP contribution >= 0.6 is 0 Å². The Kier molecular flexibility index (Phi) is 7.43. The van der Waals surface area contributed by atoms with Crippen LogP contribution in [0.3, 0.4) is 0 Å². The first-order valence-corrected chi connectivity index (χ1v) is 12.3. The van der Waals surface area contributed by atoms with Gasteiger partial charge >= 0.3 is 0 Å². The van der Waals surface area contributed by atoms with Crippen LogP contribution in [-0.2, 0) is 0 Å². The van der Waals surface area contributed by atoms with Gasteiger partial charge in [-0.25, -0.2) is 0 Å². The van der Waals surface area contributed by atoms with Crippen molar-refractivity contribution in [1.29, 1.82) is 0 Å². The van der Waals surface area contributed by atoms with E-state index in [1.54, 1.807) is 6.07 Å². The minimum atomic E-state index is -0.0223. The molecule has 0 atom stereocenters. The molecule has 1 amide bonds. The normalized spacial score (nSPS) is 12.2. The number of hydrogen-bond acceptors (Lipinski definition) is 3. The van der Waals surface area contributed by atoms with Crippen molar-refractivity contribution in [2.45, 2.75) is 12.3 Å². The molecule has 0 radical (unpaired) electrons. The number of fused-ring (bicyclic) bond motifs is 1. The fraction of sp³-hybridized carbons (Fsp3) is 0.156. The molecule has 4 heteroatoms. The van der Waals surface area contributed by atoms with Gasteiger partial charge in [-0.3, -0.25) is 4.79 Å². The lowest BCUT2D eigenvalue weighted by Crippen LogP contribution is -2.33. The van der Waals surface area contributed by atoms with E-state index in [1.165, 1.54) is 11.1 Å². The molecule has 1 aliphatic heterocycles. The van der Waals surface area contributed by atoms with E-state index in [-0.39, 0.29) is 18.6 Å². The first kappa shape index (κ1) is 23.4.